The topological polar surface area (TPSA) is 56.9 Å². The molecule has 1 saturated heterocycles. The van der Waals surface area contributed by atoms with Gasteiger partial charge in [0.25, 0.3) is 0 Å². The van der Waals surface area contributed by atoms with E-state index < -0.39 is 0 Å². The van der Waals surface area contributed by atoms with Gasteiger partial charge in [-0.1, -0.05) is 0 Å². The van der Waals surface area contributed by atoms with Crippen LogP contribution in [0.4, 0.5) is 0 Å². The fourth-order valence-electron chi connectivity index (χ4n) is 2.69. The van der Waals surface area contributed by atoms with Crippen LogP contribution >= 0.6 is 0 Å². The summed E-state index contributed by atoms with van der Waals surface area (Å²) in [5.74, 6) is 1.53. The molecular formula is C14H21N5O. The molecule has 0 unspecified atom stereocenters. The summed E-state index contributed by atoms with van der Waals surface area (Å²) >= 11 is 0. The Hall–Kier alpha value is -1.66. The van der Waals surface area contributed by atoms with Gasteiger partial charge >= 0.3 is 0 Å². The van der Waals surface area contributed by atoms with E-state index in [4.69, 9.17) is 4.74 Å². The van der Waals surface area contributed by atoms with E-state index in [0.29, 0.717) is 5.92 Å². The van der Waals surface area contributed by atoms with Gasteiger partial charge in [0.1, 0.15) is 11.9 Å². The minimum absolute atomic E-state index is 0.121. The van der Waals surface area contributed by atoms with Crippen LogP contribution in [0.1, 0.15) is 18.3 Å². The zero-order chi connectivity index (χ0) is 13.8. The predicted molar refractivity (Wildman–Crippen MR) is 75.1 cm³/mol. The van der Waals surface area contributed by atoms with Crippen molar-refractivity contribution in [2.75, 3.05) is 19.7 Å². The SMILES string of the molecule is Cn1ccnc1[C@@H]1OCC[C@H]1CNCCn1ccnc1. The van der Waals surface area contributed by atoms with Gasteiger partial charge in [-0.25, -0.2) is 9.97 Å². The van der Waals surface area contributed by atoms with Crippen LogP contribution in [0.15, 0.2) is 31.1 Å². The maximum absolute atomic E-state index is 5.86. The number of hydrogen-bond acceptors (Lipinski definition) is 4. The second-order valence-electron chi connectivity index (χ2n) is 5.24. The van der Waals surface area contributed by atoms with Crippen molar-refractivity contribution in [2.45, 2.75) is 19.1 Å². The normalized spacial score (nSPS) is 22.4. The molecule has 2 aromatic rings. The molecule has 1 aliphatic heterocycles. The molecule has 1 fully saturated rings. The van der Waals surface area contributed by atoms with Crippen molar-refractivity contribution in [1.29, 1.82) is 0 Å². The zero-order valence-corrected chi connectivity index (χ0v) is 11.8. The Kier molecular flexibility index (Phi) is 4.13. The summed E-state index contributed by atoms with van der Waals surface area (Å²) in [6, 6.07) is 0. The van der Waals surface area contributed by atoms with Gasteiger partial charge in [0.15, 0.2) is 0 Å². The van der Waals surface area contributed by atoms with Crippen LogP contribution < -0.4 is 5.32 Å². The molecule has 3 rings (SSSR count). The Morgan fingerprint density at radius 1 is 1.40 bits per heavy atom. The Bertz CT molecular complexity index is 521. The van der Waals surface area contributed by atoms with Gasteiger partial charge in [-0.15, -0.1) is 0 Å². The van der Waals surface area contributed by atoms with Crippen molar-refractivity contribution in [3.05, 3.63) is 36.9 Å². The molecule has 0 radical (unpaired) electrons. The monoisotopic (exact) mass is 275 g/mol. The molecule has 2 aromatic heterocycles. The minimum Gasteiger partial charge on any atom is -0.370 e. The molecule has 0 spiro atoms. The highest BCUT2D eigenvalue weighted by atomic mass is 16.5. The third-order valence-corrected chi connectivity index (χ3v) is 3.84. The van der Waals surface area contributed by atoms with Crippen LogP contribution in [-0.2, 0) is 18.3 Å². The quantitative estimate of drug-likeness (QED) is 0.799. The number of hydrogen-bond donors (Lipinski definition) is 1. The number of aryl methyl sites for hydroxylation is 1. The third kappa shape index (κ3) is 2.91. The molecule has 0 saturated carbocycles. The van der Waals surface area contributed by atoms with Crippen molar-refractivity contribution < 1.29 is 4.74 Å². The van der Waals surface area contributed by atoms with Gasteiger partial charge in [0, 0.05) is 64.0 Å². The highest BCUT2D eigenvalue weighted by Gasteiger charge is 2.31. The molecule has 1 N–H and O–H groups in total. The lowest BCUT2D eigenvalue weighted by molar-refractivity contribution is 0.0811. The first-order valence-corrected chi connectivity index (χ1v) is 7.10. The predicted octanol–water partition coefficient (Wildman–Crippen LogP) is 0.984. The Balaban J connectivity index is 1.48. The molecule has 1 aliphatic rings. The largest absolute Gasteiger partial charge is 0.370 e. The lowest BCUT2D eigenvalue weighted by Gasteiger charge is -2.18. The summed E-state index contributed by atoms with van der Waals surface area (Å²) in [4.78, 5) is 8.45. The molecular weight excluding hydrogens is 254 g/mol. The maximum Gasteiger partial charge on any atom is 0.137 e. The molecule has 6 heteroatoms. The minimum atomic E-state index is 0.121. The summed E-state index contributed by atoms with van der Waals surface area (Å²) in [5, 5.41) is 3.51. The smallest absolute Gasteiger partial charge is 0.137 e. The number of aromatic nitrogens is 4. The molecule has 0 aliphatic carbocycles. The summed E-state index contributed by atoms with van der Waals surface area (Å²) in [6.45, 7) is 3.68. The van der Waals surface area contributed by atoms with Crippen molar-refractivity contribution in [2.24, 2.45) is 13.0 Å². The molecule has 2 atom stereocenters. The maximum atomic E-state index is 5.86. The number of nitrogens with one attached hydrogen (secondary N) is 1. The van der Waals surface area contributed by atoms with Crippen LogP contribution in [0.2, 0.25) is 0 Å². The lowest BCUT2D eigenvalue weighted by atomic mass is 10.0. The molecule has 0 bridgehead atoms. The van der Waals surface area contributed by atoms with Gasteiger partial charge in [0.05, 0.1) is 6.33 Å². The molecule has 0 amide bonds. The summed E-state index contributed by atoms with van der Waals surface area (Å²) in [7, 11) is 2.02. The van der Waals surface area contributed by atoms with E-state index in [0.717, 1.165) is 38.5 Å². The van der Waals surface area contributed by atoms with Crippen LogP contribution in [0.25, 0.3) is 0 Å². The van der Waals surface area contributed by atoms with E-state index >= 15 is 0 Å². The van der Waals surface area contributed by atoms with Gasteiger partial charge in [0.2, 0.25) is 0 Å². The summed E-state index contributed by atoms with van der Waals surface area (Å²) in [6.07, 6.45) is 10.7. The first-order chi connectivity index (χ1) is 9.84. The van der Waals surface area contributed by atoms with Crippen LogP contribution in [0, 0.1) is 5.92 Å². The van der Waals surface area contributed by atoms with Gasteiger partial charge in [-0.2, -0.15) is 0 Å². The van der Waals surface area contributed by atoms with E-state index in [1.165, 1.54) is 0 Å². The van der Waals surface area contributed by atoms with E-state index in [2.05, 4.69) is 24.4 Å². The standard InChI is InChI=1S/C14H21N5O/c1-18-6-5-17-14(18)13-12(2-9-20-13)10-15-3-7-19-8-4-16-11-19/h4-6,8,11-13,15H,2-3,7,9-10H2,1H3/t12-,13+/m0/s1. The number of rotatable bonds is 6. The van der Waals surface area contributed by atoms with Gasteiger partial charge < -0.3 is 19.2 Å². The van der Waals surface area contributed by atoms with E-state index in [1.54, 1.807) is 0 Å². The number of ether oxygens (including phenoxy) is 1. The summed E-state index contributed by atoms with van der Waals surface area (Å²) < 4.78 is 9.98. The van der Waals surface area contributed by atoms with E-state index in [-0.39, 0.29) is 6.10 Å². The fourth-order valence-corrected chi connectivity index (χ4v) is 2.69. The van der Waals surface area contributed by atoms with Crippen LogP contribution in [0.3, 0.4) is 0 Å². The van der Waals surface area contributed by atoms with Crippen molar-refractivity contribution >= 4 is 0 Å². The molecule has 20 heavy (non-hydrogen) atoms. The second kappa shape index (κ2) is 6.19. The fraction of sp³-hybridized carbons (Fsp3) is 0.571. The van der Waals surface area contributed by atoms with Crippen molar-refractivity contribution in [3.63, 3.8) is 0 Å². The van der Waals surface area contributed by atoms with Crippen LogP contribution in [0.5, 0.6) is 0 Å². The molecule has 3 heterocycles. The van der Waals surface area contributed by atoms with E-state index in [9.17, 15) is 0 Å². The Morgan fingerprint density at radius 3 is 3.10 bits per heavy atom. The molecule has 6 nitrogen and oxygen atoms in total. The third-order valence-electron chi connectivity index (χ3n) is 3.84. The average Bonchev–Trinajstić information content (AvgIpc) is 3.16. The summed E-state index contributed by atoms with van der Waals surface area (Å²) in [5.41, 5.74) is 0. The van der Waals surface area contributed by atoms with Crippen molar-refractivity contribution in [1.82, 2.24) is 24.4 Å². The Labute approximate surface area is 118 Å². The first kappa shape index (κ1) is 13.3. The molecule has 108 valence electrons. The van der Waals surface area contributed by atoms with Gasteiger partial charge in [-0.05, 0) is 6.42 Å². The van der Waals surface area contributed by atoms with Gasteiger partial charge in [-0.3, -0.25) is 0 Å². The number of nitrogens with zero attached hydrogens (tertiary/aromatic N) is 4. The van der Waals surface area contributed by atoms with E-state index in [1.807, 2.05) is 38.2 Å². The second-order valence-corrected chi connectivity index (χ2v) is 5.24. The first-order valence-electron chi connectivity index (χ1n) is 7.10. The lowest BCUT2D eigenvalue weighted by Crippen LogP contribution is -2.28. The number of imidazole rings is 2. The average molecular weight is 275 g/mol. The van der Waals surface area contributed by atoms with Crippen LogP contribution in [-0.4, -0.2) is 38.8 Å². The highest BCUT2D eigenvalue weighted by Crippen LogP contribution is 2.32. The highest BCUT2D eigenvalue weighted by molar-refractivity contribution is 5.00. The van der Waals surface area contributed by atoms with Crippen molar-refractivity contribution in [3.8, 4) is 0 Å². The zero-order valence-electron chi connectivity index (χ0n) is 11.8. The Morgan fingerprint density at radius 2 is 2.35 bits per heavy atom. The molecule has 0 aromatic carbocycles.